The van der Waals surface area contributed by atoms with Crippen molar-refractivity contribution in [1.82, 2.24) is 4.90 Å². The summed E-state index contributed by atoms with van der Waals surface area (Å²) in [6, 6.07) is 8.34. The quantitative estimate of drug-likeness (QED) is 0.913. The first-order chi connectivity index (χ1) is 9.67. The van der Waals surface area contributed by atoms with Gasteiger partial charge in [0.05, 0.1) is 18.7 Å². The van der Waals surface area contributed by atoms with Crippen LogP contribution in [0, 0.1) is 17.2 Å². The second-order valence-corrected chi connectivity index (χ2v) is 5.60. The predicted molar refractivity (Wildman–Crippen MR) is 79.4 cm³/mol. The number of piperidine rings is 1. The lowest BCUT2D eigenvalue weighted by Gasteiger charge is -2.37. The van der Waals surface area contributed by atoms with Crippen molar-refractivity contribution in [2.24, 2.45) is 11.7 Å². The molecule has 1 aromatic rings. The van der Waals surface area contributed by atoms with Crippen LogP contribution in [0.15, 0.2) is 18.2 Å². The summed E-state index contributed by atoms with van der Waals surface area (Å²) in [4.78, 5) is 2.44. The fourth-order valence-electron chi connectivity index (χ4n) is 2.87. The zero-order valence-corrected chi connectivity index (χ0v) is 12.3. The molecule has 0 amide bonds. The van der Waals surface area contributed by atoms with Crippen molar-refractivity contribution in [3.05, 3.63) is 29.3 Å². The summed E-state index contributed by atoms with van der Waals surface area (Å²) in [5.41, 5.74) is 7.57. The van der Waals surface area contributed by atoms with Crippen LogP contribution in [0.3, 0.4) is 0 Å². The minimum Gasteiger partial charge on any atom is -0.496 e. The summed E-state index contributed by atoms with van der Waals surface area (Å²) in [7, 11) is 1.67. The SMILES string of the molecule is COc1ccc(C#N)cc1CN1CC(CN)CCC1C. The molecule has 1 aliphatic rings. The Labute approximate surface area is 121 Å². The van der Waals surface area contributed by atoms with E-state index in [2.05, 4.69) is 17.9 Å². The molecule has 2 unspecified atom stereocenters. The van der Waals surface area contributed by atoms with Crippen molar-refractivity contribution < 1.29 is 4.74 Å². The van der Waals surface area contributed by atoms with Crippen LogP contribution in [-0.4, -0.2) is 31.1 Å². The number of likely N-dealkylation sites (tertiary alicyclic amines) is 1. The molecule has 4 nitrogen and oxygen atoms in total. The molecule has 2 N–H and O–H groups in total. The Morgan fingerprint density at radius 1 is 1.45 bits per heavy atom. The lowest BCUT2D eigenvalue weighted by atomic mass is 9.93. The predicted octanol–water partition coefficient (Wildman–Crippen LogP) is 2.13. The number of rotatable bonds is 4. The number of ether oxygens (including phenoxy) is 1. The van der Waals surface area contributed by atoms with Gasteiger partial charge in [0.2, 0.25) is 0 Å². The van der Waals surface area contributed by atoms with Crippen LogP contribution in [0.2, 0.25) is 0 Å². The summed E-state index contributed by atoms with van der Waals surface area (Å²) in [5.74, 6) is 1.43. The summed E-state index contributed by atoms with van der Waals surface area (Å²) < 4.78 is 5.41. The molecule has 108 valence electrons. The fourth-order valence-corrected chi connectivity index (χ4v) is 2.87. The molecular formula is C16H23N3O. The number of nitriles is 1. The maximum atomic E-state index is 9.04. The highest BCUT2D eigenvalue weighted by molar-refractivity contribution is 5.42. The Bertz CT molecular complexity index is 495. The van der Waals surface area contributed by atoms with E-state index in [1.54, 1.807) is 13.2 Å². The van der Waals surface area contributed by atoms with Crippen LogP contribution in [0.25, 0.3) is 0 Å². The van der Waals surface area contributed by atoms with E-state index in [4.69, 9.17) is 15.7 Å². The van der Waals surface area contributed by atoms with E-state index in [-0.39, 0.29) is 0 Å². The molecule has 0 aromatic heterocycles. The standard InChI is InChI=1S/C16H23N3O/c1-12-3-4-14(9-18)10-19(12)11-15-7-13(8-17)5-6-16(15)20-2/h5-7,12,14H,3-4,9-11,18H2,1-2H3. The monoisotopic (exact) mass is 273 g/mol. The van der Waals surface area contributed by atoms with E-state index in [1.165, 1.54) is 12.8 Å². The van der Waals surface area contributed by atoms with E-state index in [1.807, 2.05) is 12.1 Å². The van der Waals surface area contributed by atoms with E-state index < -0.39 is 0 Å². The number of nitrogens with two attached hydrogens (primary N) is 1. The average Bonchev–Trinajstić information content (AvgIpc) is 2.49. The molecule has 0 radical (unpaired) electrons. The van der Waals surface area contributed by atoms with Gasteiger partial charge in [0.15, 0.2) is 0 Å². The van der Waals surface area contributed by atoms with Gasteiger partial charge >= 0.3 is 0 Å². The van der Waals surface area contributed by atoms with Crippen LogP contribution in [0.5, 0.6) is 5.75 Å². The molecule has 0 bridgehead atoms. The third kappa shape index (κ3) is 3.30. The van der Waals surface area contributed by atoms with Crippen LogP contribution < -0.4 is 10.5 Å². The van der Waals surface area contributed by atoms with Gasteiger partial charge in [-0.2, -0.15) is 5.26 Å². The molecule has 1 heterocycles. The largest absolute Gasteiger partial charge is 0.496 e. The Morgan fingerprint density at radius 3 is 2.90 bits per heavy atom. The van der Waals surface area contributed by atoms with Crippen LogP contribution in [-0.2, 0) is 6.54 Å². The van der Waals surface area contributed by atoms with E-state index in [0.29, 0.717) is 17.5 Å². The zero-order valence-electron chi connectivity index (χ0n) is 12.3. The number of nitrogens with zero attached hydrogens (tertiary/aromatic N) is 2. The van der Waals surface area contributed by atoms with Crippen molar-refractivity contribution in [2.75, 3.05) is 20.2 Å². The highest BCUT2D eigenvalue weighted by Crippen LogP contribution is 2.27. The van der Waals surface area contributed by atoms with Crippen molar-refractivity contribution in [3.63, 3.8) is 0 Å². The Balaban J connectivity index is 2.17. The Kier molecular flexibility index (Phi) is 4.99. The highest BCUT2D eigenvalue weighted by atomic mass is 16.5. The number of benzene rings is 1. The molecular weight excluding hydrogens is 250 g/mol. The second-order valence-electron chi connectivity index (χ2n) is 5.60. The summed E-state index contributed by atoms with van der Waals surface area (Å²) in [6.07, 6.45) is 2.39. The molecule has 0 saturated carbocycles. The summed E-state index contributed by atoms with van der Waals surface area (Å²) in [6.45, 7) is 4.85. The summed E-state index contributed by atoms with van der Waals surface area (Å²) in [5, 5.41) is 9.04. The maximum Gasteiger partial charge on any atom is 0.123 e. The smallest absolute Gasteiger partial charge is 0.123 e. The van der Waals surface area contributed by atoms with Crippen molar-refractivity contribution >= 4 is 0 Å². The van der Waals surface area contributed by atoms with E-state index in [9.17, 15) is 0 Å². The molecule has 1 fully saturated rings. The minimum absolute atomic E-state index is 0.549. The van der Waals surface area contributed by atoms with Crippen molar-refractivity contribution in [1.29, 1.82) is 5.26 Å². The van der Waals surface area contributed by atoms with Crippen molar-refractivity contribution in [2.45, 2.75) is 32.4 Å². The van der Waals surface area contributed by atoms with Gasteiger partial charge in [-0.3, -0.25) is 4.90 Å². The van der Waals surface area contributed by atoms with Gasteiger partial charge in [0.25, 0.3) is 0 Å². The molecule has 2 atom stereocenters. The molecule has 20 heavy (non-hydrogen) atoms. The van der Waals surface area contributed by atoms with Crippen LogP contribution >= 0.6 is 0 Å². The molecule has 1 aliphatic heterocycles. The van der Waals surface area contributed by atoms with Crippen molar-refractivity contribution in [3.8, 4) is 11.8 Å². The fraction of sp³-hybridized carbons (Fsp3) is 0.562. The van der Waals surface area contributed by atoms with Crippen LogP contribution in [0.4, 0.5) is 0 Å². The normalized spacial score (nSPS) is 23.3. The number of methoxy groups -OCH3 is 1. The topological polar surface area (TPSA) is 62.3 Å². The first kappa shape index (κ1) is 14.8. The van der Waals surface area contributed by atoms with Gasteiger partial charge in [0, 0.05) is 24.7 Å². The zero-order chi connectivity index (χ0) is 14.5. The molecule has 1 aromatic carbocycles. The number of hydrogen-bond acceptors (Lipinski definition) is 4. The van der Waals surface area contributed by atoms with Gasteiger partial charge in [-0.25, -0.2) is 0 Å². The van der Waals surface area contributed by atoms with Crippen LogP contribution in [0.1, 0.15) is 30.9 Å². The first-order valence-corrected chi connectivity index (χ1v) is 7.19. The molecule has 0 spiro atoms. The van der Waals surface area contributed by atoms with Gasteiger partial charge in [-0.1, -0.05) is 0 Å². The lowest BCUT2D eigenvalue weighted by Crippen LogP contribution is -2.43. The second kappa shape index (κ2) is 6.74. The van der Waals surface area contributed by atoms with Gasteiger partial charge in [-0.05, 0) is 50.4 Å². The first-order valence-electron chi connectivity index (χ1n) is 7.19. The minimum atomic E-state index is 0.549. The third-order valence-electron chi connectivity index (χ3n) is 4.23. The third-order valence-corrected chi connectivity index (χ3v) is 4.23. The Morgan fingerprint density at radius 2 is 2.25 bits per heavy atom. The van der Waals surface area contributed by atoms with E-state index in [0.717, 1.165) is 30.9 Å². The summed E-state index contributed by atoms with van der Waals surface area (Å²) >= 11 is 0. The van der Waals surface area contributed by atoms with E-state index >= 15 is 0 Å². The van der Waals surface area contributed by atoms with Gasteiger partial charge in [0.1, 0.15) is 5.75 Å². The molecule has 2 rings (SSSR count). The van der Waals surface area contributed by atoms with Gasteiger partial charge < -0.3 is 10.5 Å². The number of hydrogen-bond donors (Lipinski definition) is 1. The molecule has 0 aliphatic carbocycles. The maximum absolute atomic E-state index is 9.04. The highest BCUT2D eigenvalue weighted by Gasteiger charge is 2.25. The Hall–Kier alpha value is -1.57. The molecule has 1 saturated heterocycles. The average molecular weight is 273 g/mol. The lowest BCUT2D eigenvalue weighted by molar-refractivity contribution is 0.112. The molecule has 4 heteroatoms. The van der Waals surface area contributed by atoms with Gasteiger partial charge in [-0.15, -0.1) is 0 Å².